The van der Waals surface area contributed by atoms with Gasteiger partial charge in [0.1, 0.15) is 12.6 Å². The average molecular weight is 265 g/mol. The molecule has 0 spiro atoms. The van der Waals surface area contributed by atoms with Crippen LogP contribution in [0.3, 0.4) is 0 Å². The summed E-state index contributed by atoms with van der Waals surface area (Å²) < 4.78 is 4.78. The highest BCUT2D eigenvalue weighted by molar-refractivity contribution is 5.76. The molecule has 0 aliphatic carbocycles. The number of carboxylic acids is 1. The molecular weight excluding hydrogens is 246 g/mol. The molecule has 1 aromatic carbocycles. The van der Waals surface area contributed by atoms with E-state index in [0.29, 0.717) is 12.8 Å². The van der Waals surface area contributed by atoms with Crippen molar-refractivity contribution in [2.75, 3.05) is 6.61 Å². The number of hydrogen-bond acceptors (Lipinski definition) is 4. The zero-order valence-electron chi connectivity index (χ0n) is 11.0. The lowest BCUT2D eigenvalue weighted by Gasteiger charge is -2.11. The number of benzene rings is 1. The molecule has 5 heteroatoms. The van der Waals surface area contributed by atoms with Crippen LogP contribution < -0.4 is 5.73 Å². The van der Waals surface area contributed by atoms with E-state index in [0.717, 1.165) is 5.56 Å². The van der Waals surface area contributed by atoms with Gasteiger partial charge in [-0.1, -0.05) is 29.8 Å². The second-order valence-corrected chi connectivity index (χ2v) is 4.44. The van der Waals surface area contributed by atoms with Crippen LogP contribution in [0, 0.1) is 6.92 Å². The molecule has 5 nitrogen and oxygen atoms in total. The average Bonchev–Trinajstić information content (AvgIpc) is 2.37. The minimum atomic E-state index is -0.999. The number of nitrogens with two attached hydrogens (primary N) is 1. The van der Waals surface area contributed by atoms with Crippen molar-refractivity contribution in [2.45, 2.75) is 32.2 Å². The third kappa shape index (κ3) is 6.01. The number of aryl methyl sites for hydroxylation is 2. The molecule has 0 aliphatic rings. The Labute approximate surface area is 112 Å². The first kappa shape index (κ1) is 15.2. The lowest BCUT2D eigenvalue weighted by atomic mass is 10.0. The van der Waals surface area contributed by atoms with E-state index >= 15 is 0 Å². The van der Waals surface area contributed by atoms with E-state index in [9.17, 15) is 9.59 Å². The fraction of sp³-hybridized carbons (Fsp3) is 0.429. The van der Waals surface area contributed by atoms with Crippen LogP contribution in [-0.4, -0.2) is 29.7 Å². The van der Waals surface area contributed by atoms with Crippen LogP contribution in [0.15, 0.2) is 24.3 Å². The van der Waals surface area contributed by atoms with Gasteiger partial charge >= 0.3 is 11.9 Å². The second-order valence-electron chi connectivity index (χ2n) is 4.44. The van der Waals surface area contributed by atoms with Crippen molar-refractivity contribution in [1.29, 1.82) is 0 Å². The van der Waals surface area contributed by atoms with Crippen molar-refractivity contribution < 1.29 is 19.4 Å². The molecule has 19 heavy (non-hydrogen) atoms. The summed E-state index contributed by atoms with van der Waals surface area (Å²) in [5.41, 5.74) is 7.98. The lowest BCUT2D eigenvalue weighted by Crippen LogP contribution is -2.33. The molecule has 0 heterocycles. The Morgan fingerprint density at radius 2 is 1.95 bits per heavy atom. The number of aliphatic carboxylic acids is 1. The summed E-state index contributed by atoms with van der Waals surface area (Å²) in [6, 6.07) is 7.29. The minimum Gasteiger partial charge on any atom is -0.481 e. The van der Waals surface area contributed by atoms with Crippen LogP contribution >= 0.6 is 0 Å². The van der Waals surface area contributed by atoms with Crippen LogP contribution in [0.2, 0.25) is 0 Å². The molecule has 0 radical (unpaired) electrons. The summed E-state index contributed by atoms with van der Waals surface area (Å²) in [6.45, 7) is 1.88. The summed E-state index contributed by atoms with van der Waals surface area (Å²) in [5, 5.41) is 8.42. The largest absolute Gasteiger partial charge is 0.481 e. The molecule has 0 aliphatic heterocycles. The molecule has 0 bridgehead atoms. The SMILES string of the molecule is Cc1ccc(CC[C@@H](N)C(=O)OCCC(=O)O)cc1. The van der Waals surface area contributed by atoms with Gasteiger partial charge in [-0.15, -0.1) is 0 Å². The quantitative estimate of drug-likeness (QED) is 0.725. The number of carbonyl (C=O) groups excluding carboxylic acids is 1. The molecule has 1 atom stereocenters. The molecular formula is C14H19NO4. The molecule has 0 saturated heterocycles. The zero-order valence-corrected chi connectivity index (χ0v) is 11.0. The Hall–Kier alpha value is -1.88. The fourth-order valence-corrected chi connectivity index (χ4v) is 1.54. The monoisotopic (exact) mass is 265 g/mol. The number of carbonyl (C=O) groups is 2. The van der Waals surface area contributed by atoms with Crippen LogP contribution in [0.1, 0.15) is 24.0 Å². The highest BCUT2D eigenvalue weighted by Crippen LogP contribution is 2.07. The summed E-state index contributed by atoms with van der Waals surface area (Å²) in [4.78, 5) is 21.7. The third-order valence-corrected chi connectivity index (χ3v) is 2.73. The maximum absolute atomic E-state index is 11.5. The summed E-state index contributed by atoms with van der Waals surface area (Å²) >= 11 is 0. The molecule has 0 saturated carbocycles. The van der Waals surface area contributed by atoms with Gasteiger partial charge in [-0.2, -0.15) is 0 Å². The first-order valence-corrected chi connectivity index (χ1v) is 6.18. The van der Waals surface area contributed by atoms with Gasteiger partial charge in [0, 0.05) is 0 Å². The van der Waals surface area contributed by atoms with E-state index in [2.05, 4.69) is 0 Å². The predicted molar refractivity (Wildman–Crippen MR) is 70.7 cm³/mol. The molecule has 0 aromatic heterocycles. The Kier molecular flexibility index (Phi) is 6.02. The third-order valence-electron chi connectivity index (χ3n) is 2.73. The molecule has 1 rings (SSSR count). The molecule has 0 unspecified atom stereocenters. The van der Waals surface area contributed by atoms with Crippen molar-refractivity contribution in [3.05, 3.63) is 35.4 Å². The topological polar surface area (TPSA) is 89.6 Å². The second kappa shape index (κ2) is 7.53. The normalized spacial score (nSPS) is 11.9. The van der Waals surface area contributed by atoms with Crippen molar-refractivity contribution in [2.24, 2.45) is 5.73 Å². The van der Waals surface area contributed by atoms with Crippen molar-refractivity contribution in [3.8, 4) is 0 Å². The van der Waals surface area contributed by atoms with Gasteiger partial charge in [0.25, 0.3) is 0 Å². The van der Waals surface area contributed by atoms with Crippen LogP contribution in [0.4, 0.5) is 0 Å². The summed E-state index contributed by atoms with van der Waals surface area (Å²) in [6.07, 6.45) is 0.973. The van der Waals surface area contributed by atoms with Gasteiger partial charge in [0.05, 0.1) is 6.42 Å². The molecule has 0 fully saturated rings. The highest BCUT2D eigenvalue weighted by Gasteiger charge is 2.15. The smallest absolute Gasteiger partial charge is 0.322 e. The predicted octanol–water partition coefficient (Wildman–Crippen LogP) is 1.27. The standard InChI is InChI=1S/C14H19NO4/c1-10-2-4-11(5-3-10)6-7-12(15)14(18)19-9-8-13(16)17/h2-5,12H,6-9,15H2,1H3,(H,16,17)/t12-/m1/s1. The van der Waals surface area contributed by atoms with Crippen molar-refractivity contribution in [1.82, 2.24) is 0 Å². The van der Waals surface area contributed by atoms with E-state index in [1.165, 1.54) is 5.56 Å². The summed E-state index contributed by atoms with van der Waals surface area (Å²) in [5.74, 6) is -1.55. The van der Waals surface area contributed by atoms with Crippen LogP contribution in [0.25, 0.3) is 0 Å². The molecule has 1 aromatic rings. The first-order valence-electron chi connectivity index (χ1n) is 6.18. The molecule has 0 amide bonds. The summed E-state index contributed by atoms with van der Waals surface area (Å²) in [7, 11) is 0. The van der Waals surface area contributed by atoms with E-state index < -0.39 is 18.0 Å². The Bertz CT molecular complexity index is 428. The number of carboxylic acid groups (broad SMARTS) is 1. The van der Waals surface area contributed by atoms with E-state index in [-0.39, 0.29) is 13.0 Å². The van der Waals surface area contributed by atoms with Gasteiger partial charge in [-0.05, 0) is 25.3 Å². The van der Waals surface area contributed by atoms with Crippen LogP contribution in [-0.2, 0) is 20.7 Å². The number of esters is 1. The van der Waals surface area contributed by atoms with E-state index in [1.54, 1.807) is 0 Å². The van der Waals surface area contributed by atoms with E-state index in [1.807, 2.05) is 31.2 Å². The van der Waals surface area contributed by atoms with Crippen molar-refractivity contribution in [3.63, 3.8) is 0 Å². The maximum Gasteiger partial charge on any atom is 0.322 e. The molecule has 3 N–H and O–H groups in total. The minimum absolute atomic E-state index is 0.133. The Balaban J connectivity index is 2.30. The first-order chi connectivity index (χ1) is 8.99. The van der Waals surface area contributed by atoms with Crippen molar-refractivity contribution >= 4 is 11.9 Å². The number of ether oxygens (including phenoxy) is 1. The lowest BCUT2D eigenvalue weighted by molar-refractivity contribution is -0.147. The molecule has 104 valence electrons. The Morgan fingerprint density at radius 1 is 1.32 bits per heavy atom. The van der Waals surface area contributed by atoms with Gasteiger partial charge in [0.2, 0.25) is 0 Å². The maximum atomic E-state index is 11.5. The fourth-order valence-electron chi connectivity index (χ4n) is 1.54. The number of hydrogen-bond donors (Lipinski definition) is 2. The van der Waals surface area contributed by atoms with Crippen LogP contribution in [0.5, 0.6) is 0 Å². The zero-order chi connectivity index (χ0) is 14.3. The highest BCUT2D eigenvalue weighted by atomic mass is 16.5. The van der Waals surface area contributed by atoms with Gasteiger partial charge in [0.15, 0.2) is 0 Å². The van der Waals surface area contributed by atoms with Gasteiger partial charge < -0.3 is 15.6 Å². The van der Waals surface area contributed by atoms with E-state index in [4.69, 9.17) is 15.6 Å². The Morgan fingerprint density at radius 3 is 2.53 bits per heavy atom. The van der Waals surface area contributed by atoms with Gasteiger partial charge in [-0.3, -0.25) is 9.59 Å². The van der Waals surface area contributed by atoms with Gasteiger partial charge in [-0.25, -0.2) is 0 Å². The number of rotatable bonds is 7.